The van der Waals surface area contributed by atoms with E-state index in [9.17, 15) is 4.79 Å². The highest BCUT2D eigenvalue weighted by molar-refractivity contribution is 7.13. The van der Waals surface area contributed by atoms with Gasteiger partial charge in [-0.2, -0.15) is 0 Å². The van der Waals surface area contributed by atoms with Gasteiger partial charge in [0.25, 0.3) is 5.91 Å². The van der Waals surface area contributed by atoms with E-state index >= 15 is 0 Å². The Morgan fingerprint density at radius 1 is 1.18 bits per heavy atom. The first-order chi connectivity index (χ1) is 10.8. The summed E-state index contributed by atoms with van der Waals surface area (Å²) >= 11 is 1.42. The maximum absolute atomic E-state index is 12.3. The van der Waals surface area contributed by atoms with E-state index in [1.54, 1.807) is 11.6 Å². The molecule has 0 bridgehead atoms. The number of para-hydroxylation sites is 1. The highest BCUT2D eigenvalue weighted by Gasteiger charge is 2.13. The fourth-order valence-corrected chi connectivity index (χ4v) is 2.90. The summed E-state index contributed by atoms with van der Waals surface area (Å²) < 4.78 is 0. The van der Waals surface area contributed by atoms with Crippen LogP contribution >= 0.6 is 11.3 Å². The van der Waals surface area contributed by atoms with Crippen molar-refractivity contribution >= 4 is 22.9 Å². The van der Waals surface area contributed by atoms with E-state index in [0.717, 1.165) is 28.4 Å². The lowest BCUT2D eigenvalue weighted by Gasteiger charge is -2.08. The van der Waals surface area contributed by atoms with Gasteiger partial charge in [0.1, 0.15) is 10.7 Å². The van der Waals surface area contributed by atoms with E-state index in [2.05, 4.69) is 22.2 Å². The van der Waals surface area contributed by atoms with Gasteiger partial charge in [-0.25, -0.2) is 4.98 Å². The Morgan fingerprint density at radius 2 is 2.00 bits per heavy atom. The summed E-state index contributed by atoms with van der Waals surface area (Å²) in [6, 6.07) is 13.4. The number of pyridine rings is 1. The molecule has 4 nitrogen and oxygen atoms in total. The lowest BCUT2D eigenvalue weighted by atomic mass is 10.1. The molecule has 1 aromatic carbocycles. The second-order valence-electron chi connectivity index (χ2n) is 4.72. The summed E-state index contributed by atoms with van der Waals surface area (Å²) in [5.41, 5.74) is 3.13. The summed E-state index contributed by atoms with van der Waals surface area (Å²) in [5.74, 6) is -0.195. The Bertz CT molecular complexity index is 783. The normalized spacial score (nSPS) is 10.4. The van der Waals surface area contributed by atoms with E-state index in [4.69, 9.17) is 0 Å². The van der Waals surface area contributed by atoms with Gasteiger partial charge in [0.15, 0.2) is 0 Å². The first-order valence-corrected chi connectivity index (χ1v) is 7.92. The van der Waals surface area contributed by atoms with E-state index in [1.165, 1.54) is 11.3 Å². The Hall–Kier alpha value is -2.53. The van der Waals surface area contributed by atoms with Crippen LogP contribution in [0.15, 0.2) is 54.0 Å². The molecule has 0 unspecified atom stereocenters. The van der Waals surface area contributed by atoms with Crippen molar-refractivity contribution in [1.29, 1.82) is 0 Å². The molecule has 1 amide bonds. The van der Waals surface area contributed by atoms with Gasteiger partial charge in [-0.15, -0.1) is 11.3 Å². The molecule has 0 atom stereocenters. The van der Waals surface area contributed by atoms with Crippen molar-refractivity contribution in [3.63, 3.8) is 0 Å². The lowest BCUT2D eigenvalue weighted by Crippen LogP contribution is -2.13. The van der Waals surface area contributed by atoms with Gasteiger partial charge >= 0.3 is 0 Å². The third-order valence-corrected chi connectivity index (χ3v) is 4.13. The van der Waals surface area contributed by atoms with Crippen LogP contribution in [0.25, 0.3) is 10.7 Å². The average molecular weight is 309 g/mol. The highest BCUT2D eigenvalue weighted by atomic mass is 32.1. The summed E-state index contributed by atoms with van der Waals surface area (Å²) in [4.78, 5) is 21.0. The van der Waals surface area contributed by atoms with Crippen molar-refractivity contribution in [3.05, 3.63) is 65.3 Å². The molecule has 2 aromatic heterocycles. The fraction of sp³-hybridized carbons (Fsp3) is 0.118. The monoisotopic (exact) mass is 309 g/mol. The van der Waals surface area contributed by atoms with Crippen LogP contribution in [-0.2, 0) is 6.42 Å². The van der Waals surface area contributed by atoms with E-state index in [-0.39, 0.29) is 5.91 Å². The number of amides is 1. The number of hydrogen-bond acceptors (Lipinski definition) is 4. The van der Waals surface area contributed by atoms with Gasteiger partial charge in [0.05, 0.1) is 5.69 Å². The van der Waals surface area contributed by atoms with Gasteiger partial charge in [0, 0.05) is 17.3 Å². The maximum Gasteiger partial charge on any atom is 0.275 e. The second-order valence-corrected chi connectivity index (χ2v) is 5.58. The zero-order valence-electron chi connectivity index (χ0n) is 12.1. The van der Waals surface area contributed by atoms with Gasteiger partial charge in [0.2, 0.25) is 0 Å². The zero-order chi connectivity index (χ0) is 15.4. The number of anilines is 1. The van der Waals surface area contributed by atoms with Crippen molar-refractivity contribution in [3.8, 4) is 10.7 Å². The van der Waals surface area contributed by atoms with Crippen molar-refractivity contribution < 1.29 is 4.79 Å². The molecule has 0 radical (unpaired) electrons. The van der Waals surface area contributed by atoms with E-state index in [1.807, 2.05) is 42.5 Å². The van der Waals surface area contributed by atoms with Crippen molar-refractivity contribution in [2.24, 2.45) is 0 Å². The van der Waals surface area contributed by atoms with Crippen molar-refractivity contribution in [2.75, 3.05) is 5.32 Å². The quantitative estimate of drug-likeness (QED) is 0.792. The van der Waals surface area contributed by atoms with Crippen LogP contribution in [0.5, 0.6) is 0 Å². The third kappa shape index (κ3) is 3.04. The fourth-order valence-electron chi connectivity index (χ4n) is 2.12. The van der Waals surface area contributed by atoms with Crippen molar-refractivity contribution in [1.82, 2.24) is 9.97 Å². The summed E-state index contributed by atoms with van der Waals surface area (Å²) in [5, 5.41) is 5.43. The number of nitrogens with zero attached hydrogens (tertiary/aromatic N) is 2. The van der Waals surface area contributed by atoms with Gasteiger partial charge in [-0.3, -0.25) is 9.78 Å². The molecule has 3 aromatic rings. The van der Waals surface area contributed by atoms with Gasteiger partial charge < -0.3 is 5.32 Å². The second kappa shape index (κ2) is 6.49. The number of aromatic nitrogens is 2. The molecule has 0 aliphatic rings. The molecule has 0 aliphatic carbocycles. The number of carbonyl (C=O) groups is 1. The molecule has 2 heterocycles. The van der Waals surface area contributed by atoms with E-state index < -0.39 is 0 Å². The number of aryl methyl sites for hydroxylation is 1. The van der Waals surface area contributed by atoms with Crippen molar-refractivity contribution in [2.45, 2.75) is 13.3 Å². The standard InChI is InChI=1S/C17H15N3OS/c1-2-12-7-3-4-8-13(12)19-16(21)15-11-22-17(20-15)14-9-5-6-10-18-14/h3-11H,2H2,1H3,(H,19,21). The molecule has 0 saturated heterocycles. The van der Waals surface area contributed by atoms with Crippen LogP contribution in [0, 0.1) is 0 Å². The van der Waals surface area contributed by atoms with Gasteiger partial charge in [-0.1, -0.05) is 31.2 Å². The molecule has 1 N–H and O–H groups in total. The summed E-state index contributed by atoms with van der Waals surface area (Å²) in [6.07, 6.45) is 2.58. The first kappa shape index (κ1) is 14.4. The summed E-state index contributed by atoms with van der Waals surface area (Å²) in [7, 11) is 0. The topological polar surface area (TPSA) is 54.9 Å². The molecule has 110 valence electrons. The number of rotatable bonds is 4. The van der Waals surface area contributed by atoms with Gasteiger partial charge in [-0.05, 0) is 30.2 Å². The van der Waals surface area contributed by atoms with Crippen LogP contribution in [0.2, 0.25) is 0 Å². The van der Waals surface area contributed by atoms with E-state index in [0.29, 0.717) is 5.69 Å². The molecule has 0 aliphatic heterocycles. The summed E-state index contributed by atoms with van der Waals surface area (Å²) in [6.45, 7) is 2.06. The molecule has 0 fully saturated rings. The predicted octanol–water partition coefficient (Wildman–Crippen LogP) is 4.02. The maximum atomic E-state index is 12.3. The average Bonchev–Trinajstić information content (AvgIpc) is 3.06. The molecule has 3 rings (SSSR count). The highest BCUT2D eigenvalue weighted by Crippen LogP contribution is 2.22. The minimum atomic E-state index is -0.195. The number of thiazole rings is 1. The Morgan fingerprint density at radius 3 is 2.77 bits per heavy atom. The molecular formula is C17H15N3OS. The minimum Gasteiger partial charge on any atom is -0.320 e. The number of carbonyl (C=O) groups excluding carboxylic acids is 1. The lowest BCUT2D eigenvalue weighted by molar-refractivity contribution is 0.102. The zero-order valence-corrected chi connectivity index (χ0v) is 12.9. The number of benzene rings is 1. The molecule has 22 heavy (non-hydrogen) atoms. The van der Waals surface area contributed by atoms with Crippen LogP contribution in [0.1, 0.15) is 23.0 Å². The minimum absolute atomic E-state index is 0.195. The predicted molar refractivity (Wildman–Crippen MR) is 89.1 cm³/mol. The van der Waals surface area contributed by atoms with Crippen LogP contribution in [-0.4, -0.2) is 15.9 Å². The van der Waals surface area contributed by atoms with Crippen LogP contribution in [0.3, 0.4) is 0 Å². The molecule has 5 heteroatoms. The third-order valence-electron chi connectivity index (χ3n) is 3.27. The molecule has 0 saturated carbocycles. The van der Waals surface area contributed by atoms with Crippen LogP contribution in [0.4, 0.5) is 5.69 Å². The smallest absolute Gasteiger partial charge is 0.275 e. The van der Waals surface area contributed by atoms with Crippen LogP contribution < -0.4 is 5.32 Å². The number of nitrogens with one attached hydrogen (secondary N) is 1. The largest absolute Gasteiger partial charge is 0.320 e. The first-order valence-electron chi connectivity index (χ1n) is 7.04. The number of hydrogen-bond donors (Lipinski definition) is 1. The molecule has 0 spiro atoms. The Kier molecular flexibility index (Phi) is 4.25. The Balaban J connectivity index is 1.80. The molecular weight excluding hydrogens is 294 g/mol. The SMILES string of the molecule is CCc1ccccc1NC(=O)c1csc(-c2ccccn2)n1. The Labute approximate surface area is 132 Å².